The van der Waals surface area contributed by atoms with Gasteiger partial charge in [0, 0.05) is 26.2 Å². The van der Waals surface area contributed by atoms with Crippen LogP contribution in [0.1, 0.15) is 35.3 Å². The van der Waals surface area contributed by atoms with Crippen molar-refractivity contribution < 1.29 is 17.7 Å². The number of amides is 1. The average Bonchev–Trinajstić information content (AvgIpc) is 3.15. The largest absolute Gasteiger partial charge is 0.364 e. The molecule has 1 amide bonds. The molecule has 0 atom stereocenters. The van der Waals surface area contributed by atoms with Gasteiger partial charge in [-0.2, -0.15) is 4.31 Å². The van der Waals surface area contributed by atoms with Gasteiger partial charge in [0.05, 0.1) is 17.0 Å². The lowest BCUT2D eigenvalue weighted by molar-refractivity contribution is 0.0778. The smallest absolute Gasteiger partial charge is 0.255 e. The van der Waals surface area contributed by atoms with Crippen molar-refractivity contribution >= 4 is 15.9 Å². The number of carbonyl (C=O) groups is 1. The summed E-state index contributed by atoms with van der Waals surface area (Å²) in [6, 6.07) is 8.04. The van der Waals surface area contributed by atoms with Crippen molar-refractivity contribution in [1.29, 1.82) is 0 Å². The molecular formula is C17H21N3O4S. The Balaban J connectivity index is 1.88. The Labute approximate surface area is 147 Å². The summed E-state index contributed by atoms with van der Waals surface area (Å²) < 4.78 is 32.2. The molecule has 1 aliphatic heterocycles. The third kappa shape index (κ3) is 3.74. The van der Waals surface area contributed by atoms with E-state index in [0.29, 0.717) is 18.8 Å². The Kier molecular flexibility index (Phi) is 5.19. The molecule has 7 nitrogen and oxygen atoms in total. The SMILES string of the molecule is CN(Cc1ccon1)C(=O)c1ccccc1S(=O)(=O)N1CCCCC1. The summed E-state index contributed by atoms with van der Waals surface area (Å²) in [5, 5.41) is 3.78. The third-order valence-corrected chi connectivity index (χ3v) is 6.24. The maximum absolute atomic E-state index is 13.0. The van der Waals surface area contributed by atoms with Crippen LogP contribution in [0.4, 0.5) is 0 Å². The first kappa shape index (κ1) is 17.6. The van der Waals surface area contributed by atoms with Crippen molar-refractivity contribution in [3.63, 3.8) is 0 Å². The molecule has 3 rings (SSSR count). The van der Waals surface area contributed by atoms with E-state index in [0.717, 1.165) is 19.3 Å². The molecule has 8 heteroatoms. The first-order valence-corrected chi connectivity index (χ1v) is 9.68. The fourth-order valence-electron chi connectivity index (χ4n) is 2.95. The standard InChI is InChI=1S/C17H21N3O4S/c1-19(13-14-9-12-24-18-14)17(21)15-7-3-4-8-16(15)25(22,23)20-10-5-2-6-11-20/h3-4,7-9,12H,2,5-6,10-11,13H2,1H3. The molecule has 0 saturated carbocycles. The minimum atomic E-state index is -3.68. The number of benzene rings is 1. The number of nitrogens with zero attached hydrogens (tertiary/aromatic N) is 3. The molecule has 0 radical (unpaired) electrons. The minimum Gasteiger partial charge on any atom is -0.364 e. The molecule has 1 fully saturated rings. The number of sulfonamides is 1. The number of piperidine rings is 1. The molecule has 0 aliphatic carbocycles. The van der Waals surface area contributed by atoms with Crippen LogP contribution in [-0.2, 0) is 16.6 Å². The highest BCUT2D eigenvalue weighted by molar-refractivity contribution is 7.89. The third-order valence-electron chi connectivity index (χ3n) is 4.29. The Morgan fingerprint density at radius 2 is 1.92 bits per heavy atom. The highest BCUT2D eigenvalue weighted by Crippen LogP contribution is 2.24. The molecule has 1 aromatic heterocycles. The zero-order valence-electron chi connectivity index (χ0n) is 14.1. The quantitative estimate of drug-likeness (QED) is 0.812. The molecule has 1 aliphatic rings. The van der Waals surface area contributed by atoms with E-state index in [1.807, 2.05) is 0 Å². The first-order chi connectivity index (χ1) is 12.0. The van der Waals surface area contributed by atoms with Crippen LogP contribution in [0.25, 0.3) is 0 Å². The lowest BCUT2D eigenvalue weighted by Gasteiger charge is -2.27. The van der Waals surface area contributed by atoms with Gasteiger partial charge in [-0.25, -0.2) is 8.42 Å². The molecule has 1 saturated heterocycles. The fraction of sp³-hybridized carbons (Fsp3) is 0.412. The molecule has 134 valence electrons. The zero-order chi connectivity index (χ0) is 17.9. The maximum atomic E-state index is 13.0. The van der Waals surface area contributed by atoms with E-state index in [4.69, 9.17) is 4.52 Å². The van der Waals surface area contributed by atoms with Gasteiger partial charge >= 0.3 is 0 Å². The molecule has 2 heterocycles. The predicted octanol–water partition coefficient (Wildman–Crippen LogP) is 2.12. The lowest BCUT2D eigenvalue weighted by Crippen LogP contribution is -2.37. The van der Waals surface area contributed by atoms with Crippen LogP contribution < -0.4 is 0 Å². The van der Waals surface area contributed by atoms with Crippen molar-refractivity contribution in [3.8, 4) is 0 Å². The van der Waals surface area contributed by atoms with Crippen LogP contribution in [0.15, 0.2) is 46.0 Å². The van der Waals surface area contributed by atoms with Gasteiger partial charge in [-0.05, 0) is 25.0 Å². The van der Waals surface area contributed by atoms with Crippen LogP contribution >= 0.6 is 0 Å². The molecule has 0 N–H and O–H groups in total. The summed E-state index contributed by atoms with van der Waals surface area (Å²) in [4.78, 5) is 14.3. The molecule has 0 spiro atoms. The first-order valence-electron chi connectivity index (χ1n) is 8.24. The minimum absolute atomic E-state index is 0.0638. The van der Waals surface area contributed by atoms with Gasteiger partial charge in [0.2, 0.25) is 10.0 Å². The van der Waals surface area contributed by atoms with Gasteiger partial charge in [0.25, 0.3) is 5.91 Å². The molecular weight excluding hydrogens is 342 g/mol. The summed E-state index contributed by atoms with van der Waals surface area (Å²) in [7, 11) is -2.07. The summed E-state index contributed by atoms with van der Waals surface area (Å²) >= 11 is 0. The molecule has 2 aromatic rings. The normalized spacial score (nSPS) is 15.9. The van der Waals surface area contributed by atoms with Crippen LogP contribution in [-0.4, -0.2) is 48.8 Å². The van der Waals surface area contributed by atoms with E-state index in [9.17, 15) is 13.2 Å². The monoisotopic (exact) mass is 363 g/mol. The van der Waals surface area contributed by atoms with Crippen LogP contribution in [0.5, 0.6) is 0 Å². The van der Waals surface area contributed by atoms with E-state index in [1.54, 1.807) is 31.3 Å². The Hall–Kier alpha value is -2.19. The van der Waals surface area contributed by atoms with E-state index in [2.05, 4.69) is 5.16 Å². The Morgan fingerprint density at radius 3 is 2.60 bits per heavy atom. The molecule has 25 heavy (non-hydrogen) atoms. The van der Waals surface area contributed by atoms with Crippen molar-refractivity contribution in [2.75, 3.05) is 20.1 Å². The summed E-state index contributed by atoms with van der Waals surface area (Å²) in [6.45, 7) is 1.24. The van der Waals surface area contributed by atoms with Gasteiger partial charge in [0.15, 0.2) is 0 Å². The summed E-state index contributed by atoms with van der Waals surface area (Å²) in [5.74, 6) is -0.362. The van der Waals surface area contributed by atoms with Crippen molar-refractivity contribution in [3.05, 3.63) is 47.9 Å². The topological polar surface area (TPSA) is 83.7 Å². The van der Waals surface area contributed by atoms with E-state index >= 15 is 0 Å². The van der Waals surface area contributed by atoms with Crippen molar-refractivity contribution in [1.82, 2.24) is 14.4 Å². The Bertz CT molecular complexity index is 827. The van der Waals surface area contributed by atoms with Crippen molar-refractivity contribution in [2.45, 2.75) is 30.7 Å². The summed E-state index contributed by atoms with van der Waals surface area (Å²) in [5.41, 5.74) is 0.784. The van der Waals surface area contributed by atoms with Gasteiger partial charge in [-0.1, -0.05) is 23.7 Å². The number of hydrogen-bond acceptors (Lipinski definition) is 5. The molecule has 0 unspecified atom stereocenters. The van der Waals surface area contributed by atoms with Crippen molar-refractivity contribution in [2.24, 2.45) is 0 Å². The average molecular weight is 363 g/mol. The van der Waals surface area contributed by atoms with Gasteiger partial charge in [-0.3, -0.25) is 4.79 Å². The Morgan fingerprint density at radius 1 is 1.20 bits per heavy atom. The van der Waals surface area contributed by atoms with E-state index in [1.165, 1.54) is 21.5 Å². The van der Waals surface area contributed by atoms with Crippen LogP contribution in [0, 0.1) is 0 Å². The summed E-state index contributed by atoms with van der Waals surface area (Å²) in [6.07, 6.45) is 4.16. The van der Waals surface area contributed by atoms with Gasteiger partial charge in [-0.15, -0.1) is 0 Å². The highest BCUT2D eigenvalue weighted by Gasteiger charge is 2.30. The predicted molar refractivity (Wildman–Crippen MR) is 91.4 cm³/mol. The van der Waals surface area contributed by atoms with Crippen LogP contribution in [0.3, 0.4) is 0 Å². The number of carbonyl (C=O) groups excluding carboxylic acids is 1. The zero-order valence-corrected chi connectivity index (χ0v) is 14.9. The second-order valence-corrected chi connectivity index (χ2v) is 8.02. The highest BCUT2D eigenvalue weighted by atomic mass is 32.2. The molecule has 0 bridgehead atoms. The number of aromatic nitrogens is 1. The molecule has 1 aromatic carbocycles. The van der Waals surface area contributed by atoms with E-state index in [-0.39, 0.29) is 22.9 Å². The van der Waals surface area contributed by atoms with Gasteiger partial charge < -0.3 is 9.42 Å². The second kappa shape index (κ2) is 7.37. The van der Waals surface area contributed by atoms with Crippen LogP contribution in [0.2, 0.25) is 0 Å². The van der Waals surface area contributed by atoms with Gasteiger partial charge in [0.1, 0.15) is 12.0 Å². The number of hydrogen-bond donors (Lipinski definition) is 0. The number of rotatable bonds is 5. The lowest BCUT2D eigenvalue weighted by atomic mass is 10.2. The van der Waals surface area contributed by atoms with E-state index < -0.39 is 10.0 Å². The fourth-order valence-corrected chi connectivity index (χ4v) is 4.65. The maximum Gasteiger partial charge on any atom is 0.255 e. The second-order valence-electron chi connectivity index (χ2n) is 6.11.